The number of aryl methyl sites for hydroxylation is 1. The van der Waals surface area contributed by atoms with Crippen LogP contribution in [-0.2, 0) is 15.6 Å². The predicted octanol–water partition coefficient (Wildman–Crippen LogP) is 2.39. The standard InChI is InChI=1S/C22H26N6O3S/c1-5-32(29,30)16-7-9-20(31-4)18(13-16)22(23)24-11-10-21(25-22)28(3)15-6-8-17-14(2)26-27-19(17)12-15/h6-13,24H,5,23H2,1-4H3,(H,26,27)/i9D. The van der Waals surface area contributed by atoms with E-state index in [1.165, 1.54) is 19.2 Å². The molecule has 0 spiro atoms. The number of hydrogen-bond donors (Lipinski definition) is 3. The number of anilines is 1. The molecular weight excluding hydrogens is 428 g/mol. The molecule has 0 amide bonds. The summed E-state index contributed by atoms with van der Waals surface area (Å²) in [6.07, 6.45) is 3.40. The van der Waals surface area contributed by atoms with Crippen molar-refractivity contribution >= 4 is 32.3 Å². The Labute approximate surface area is 188 Å². The summed E-state index contributed by atoms with van der Waals surface area (Å²) in [5, 5.41) is 11.3. The molecular formula is C22H26N6O3S. The number of amidine groups is 1. The Hall–Kier alpha value is -3.37. The zero-order valence-electron chi connectivity index (χ0n) is 19.3. The molecule has 1 unspecified atom stereocenters. The molecule has 168 valence electrons. The average Bonchev–Trinajstić information content (AvgIpc) is 3.18. The number of H-pyrrole nitrogens is 1. The number of benzene rings is 2. The Morgan fingerprint density at radius 1 is 1.31 bits per heavy atom. The van der Waals surface area contributed by atoms with E-state index in [-0.39, 0.29) is 28.0 Å². The van der Waals surface area contributed by atoms with Gasteiger partial charge in [0.2, 0.25) is 5.79 Å². The van der Waals surface area contributed by atoms with Gasteiger partial charge in [-0.15, -0.1) is 0 Å². The number of fused-ring (bicyclic) bond motifs is 1. The number of rotatable bonds is 5. The van der Waals surface area contributed by atoms with Gasteiger partial charge in [0.05, 0.1) is 35.9 Å². The number of likely N-dealkylation sites (N-methyl/N-ethyl adjacent to an activating group) is 1. The molecule has 2 heterocycles. The van der Waals surface area contributed by atoms with Crippen molar-refractivity contribution in [3.05, 3.63) is 59.9 Å². The maximum atomic E-state index is 12.5. The van der Waals surface area contributed by atoms with Crippen LogP contribution >= 0.6 is 0 Å². The number of sulfone groups is 1. The summed E-state index contributed by atoms with van der Waals surface area (Å²) in [6, 6.07) is 8.49. The van der Waals surface area contributed by atoms with Crippen LogP contribution in [0.5, 0.6) is 5.75 Å². The highest BCUT2D eigenvalue weighted by molar-refractivity contribution is 7.91. The lowest BCUT2D eigenvalue weighted by Crippen LogP contribution is -2.50. The SMILES string of the molecule is [2H]c1cc(S(=O)(=O)CC)cc(C2(N)N=C(N(C)c3ccc4c(C)n[nH]c4c3)C=CN2)c1OC. The van der Waals surface area contributed by atoms with Crippen LogP contribution in [0.3, 0.4) is 0 Å². The molecule has 0 saturated carbocycles. The predicted molar refractivity (Wildman–Crippen MR) is 126 cm³/mol. The smallest absolute Gasteiger partial charge is 0.214 e. The third-order valence-corrected chi connectivity index (χ3v) is 7.24. The van der Waals surface area contributed by atoms with Crippen LogP contribution < -0.4 is 20.7 Å². The quantitative estimate of drug-likeness (QED) is 0.539. The molecule has 10 heteroatoms. The highest BCUT2D eigenvalue weighted by Gasteiger charge is 2.33. The van der Waals surface area contributed by atoms with Crippen LogP contribution in [0.1, 0.15) is 19.6 Å². The maximum Gasteiger partial charge on any atom is 0.214 e. The lowest BCUT2D eigenvalue weighted by molar-refractivity contribution is 0.359. The summed E-state index contributed by atoms with van der Waals surface area (Å²) in [4.78, 5) is 6.54. The van der Waals surface area contributed by atoms with Crippen molar-refractivity contribution in [2.45, 2.75) is 24.5 Å². The number of nitrogens with one attached hydrogen (secondary N) is 2. The monoisotopic (exact) mass is 455 g/mol. The van der Waals surface area contributed by atoms with Crippen LogP contribution in [0.4, 0.5) is 5.69 Å². The van der Waals surface area contributed by atoms with E-state index in [9.17, 15) is 8.42 Å². The fourth-order valence-electron chi connectivity index (χ4n) is 3.57. The lowest BCUT2D eigenvalue weighted by atomic mass is 10.1. The third-order valence-electron chi connectivity index (χ3n) is 5.53. The van der Waals surface area contributed by atoms with Gasteiger partial charge in [0.15, 0.2) is 9.84 Å². The van der Waals surface area contributed by atoms with Gasteiger partial charge in [-0.3, -0.25) is 10.8 Å². The first kappa shape index (κ1) is 20.5. The molecule has 2 aromatic carbocycles. The highest BCUT2D eigenvalue weighted by atomic mass is 32.2. The first-order valence-corrected chi connectivity index (χ1v) is 11.7. The van der Waals surface area contributed by atoms with E-state index in [2.05, 4.69) is 20.5 Å². The van der Waals surface area contributed by atoms with E-state index < -0.39 is 15.6 Å². The molecule has 1 aromatic heterocycles. The number of aromatic amines is 1. The largest absolute Gasteiger partial charge is 0.496 e. The second-order valence-corrected chi connectivity index (χ2v) is 9.78. The van der Waals surface area contributed by atoms with Crippen molar-refractivity contribution in [3.63, 3.8) is 0 Å². The molecule has 1 aliphatic heterocycles. The second-order valence-electron chi connectivity index (χ2n) is 7.50. The molecule has 4 rings (SSSR count). The minimum Gasteiger partial charge on any atom is -0.496 e. The second kappa shape index (κ2) is 7.95. The number of aliphatic imine (C=N–C) groups is 1. The zero-order chi connectivity index (χ0) is 24.0. The zero-order valence-corrected chi connectivity index (χ0v) is 19.1. The number of hydrogen-bond acceptors (Lipinski definition) is 8. The van der Waals surface area contributed by atoms with Gasteiger partial charge in [-0.05, 0) is 49.4 Å². The molecule has 4 N–H and O–H groups in total. The Bertz CT molecular complexity index is 1400. The molecule has 9 nitrogen and oxygen atoms in total. The van der Waals surface area contributed by atoms with E-state index in [0.29, 0.717) is 5.84 Å². The summed E-state index contributed by atoms with van der Waals surface area (Å²) < 4.78 is 38.7. The van der Waals surface area contributed by atoms with E-state index in [1.54, 1.807) is 19.2 Å². The summed E-state index contributed by atoms with van der Waals surface area (Å²) in [5.41, 5.74) is 9.55. The van der Waals surface area contributed by atoms with Crippen LogP contribution in [0.25, 0.3) is 10.9 Å². The third kappa shape index (κ3) is 3.71. The molecule has 0 fully saturated rings. The van der Waals surface area contributed by atoms with Gasteiger partial charge in [-0.2, -0.15) is 5.10 Å². The van der Waals surface area contributed by atoms with E-state index in [4.69, 9.17) is 11.8 Å². The van der Waals surface area contributed by atoms with Crippen molar-refractivity contribution in [2.75, 3.05) is 24.8 Å². The Morgan fingerprint density at radius 2 is 2.09 bits per heavy atom. The number of nitrogens with two attached hydrogens (primary N) is 1. The van der Waals surface area contributed by atoms with Crippen molar-refractivity contribution in [2.24, 2.45) is 10.7 Å². The van der Waals surface area contributed by atoms with Crippen LogP contribution in [0, 0.1) is 6.92 Å². The van der Waals surface area contributed by atoms with Crippen molar-refractivity contribution in [3.8, 4) is 5.75 Å². The summed E-state index contributed by atoms with van der Waals surface area (Å²) >= 11 is 0. The lowest BCUT2D eigenvalue weighted by Gasteiger charge is -2.33. The first-order valence-electron chi connectivity index (χ1n) is 10.5. The van der Waals surface area contributed by atoms with Crippen LogP contribution in [0.2, 0.25) is 0 Å². The number of nitrogens with zero attached hydrogens (tertiary/aromatic N) is 3. The van der Waals surface area contributed by atoms with Gasteiger partial charge in [0.25, 0.3) is 0 Å². The van der Waals surface area contributed by atoms with Gasteiger partial charge < -0.3 is 15.0 Å². The van der Waals surface area contributed by atoms with Crippen molar-refractivity contribution < 1.29 is 14.5 Å². The molecule has 0 radical (unpaired) electrons. The number of ether oxygens (including phenoxy) is 1. The highest BCUT2D eigenvalue weighted by Crippen LogP contribution is 2.32. The van der Waals surface area contributed by atoms with E-state index >= 15 is 0 Å². The fourth-order valence-corrected chi connectivity index (χ4v) is 4.44. The minimum absolute atomic E-state index is 0.00264. The number of methoxy groups -OCH3 is 1. The molecule has 32 heavy (non-hydrogen) atoms. The molecule has 0 bridgehead atoms. The van der Waals surface area contributed by atoms with Crippen molar-refractivity contribution in [1.29, 1.82) is 0 Å². The number of aromatic nitrogens is 2. The summed E-state index contributed by atoms with van der Waals surface area (Å²) in [7, 11) is -0.311. The molecule has 0 aliphatic carbocycles. The van der Waals surface area contributed by atoms with Crippen LogP contribution in [-0.4, -0.2) is 44.4 Å². The maximum absolute atomic E-state index is 12.5. The fraction of sp³-hybridized carbons (Fsp3) is 0.273. The Kier molecular flexibility index (Phi) is 5.10. The van der Waals surface area contributed by atoms with Gasteiger partial charge in [0, 0.05) is 24.3 Å². The van der Waals surface area contributed by atoms with E-state index in [1.807, 2.05) is 37.1 Å². The van der Waals surface area contributed by atoms with Gasteiger partial charge in [-0.1, -0.05) is 6.92 Å². The molecule has 1 atom stereocenters. The Morgan fingerprint density at radius 3 is 2.81 bits per heavy atom. The van der Waals surface area contributed by atoms with Gasteiger partial charge >= 0.3 is 0 Å². The molecule has 3 aromatic rings. The van der Waals surface area contributed by atoms with E-state index in [0.717, 1.165) is 22.3 Å². The topological polar surface area (TPSA) is 126 Å². The average molecular weight is 456 g/mol. The normalized spacial score (nSPS) is 18.8. The van der Waals surface area contributed by atoms with Gasteiger partial charge in [0.1, 0.15) is 11.6 Å². The van der Waals surface area contributed by atoms with Crippen LogP contribution in [0.15, 0.2) is 58.5 Å². The van der Waals surface area contributed by atoms with Gasteiger partial charge in [-0.25, -0.2) is 13.4 Å². The molecule has 0 saturated heterocycles. The minimum atomic E-state index is -3.57. The van der Waals surface area contributed by atoms with Crippen molar-refractivity contribution in [1.82, 2.24) is 15.5 Å². The molecule has 1 aliphatic rings. The summed E-state index contributed by atoms with van der Waals surface area (Å²) in [6.45, 7) is 3.48. The summed E-state index contributed by atoms with van der Waals surface area (Å²) in [5.74, 6) is -0.969. The first-order chi connectivity index (χ1) is 15.6. The Balaban J connectivity index is 1.80.